The van der Waals surface area contributed by atoms with Crippen molar-refractivity contribution in [2.45, 2.75) is 42.5 Å². The van der Waals surface area contributed by atoms with Crippen LogP contribution in [0.5, 0.6) is 5.75 Å². The van der Waals surface area contributed by atoms with Crippen molar-refractivity contribution in [3.05, 3.63) is 95.8 Å². The molecule has 8 heteroatoms. The van der Waals surface area contributed by atoms with Gasteiger partial charge in [0.15, 0.2) is 5.16 Å². The molecule has 0 aliphatic heterocycles. The Balaban J connectivity index is 1.50. The quantitative estimate of drug-likeness (QED) is 0.278. The number of carboxylic acids is 1. The highest BCUT2D eigenvalue weighted by atomic mass is 32.2. The predicted molar refractivity (Wildman–Crippen MR) is 137 cm³/mol. The molecule has 0 fully saturated rings. The van der Waals surface area contributed by atoms with E-state index in [-0.39, 0.29) is 0 Å². The van der Waals surface area contributed by atoms with Gasteiger partial charge in [0.1, 0.15) is 18.7 Å². The molecule has 1 aromatic heterocycles. The number of benzene rings is 3. The van der Waals surface area contributed by atoms with Gasteiger partial charge in [-0.2, -0.15) is 0 Å². The number of aliphatic carboxylic acids is 1. The van der Waals surface area contributed by atoms with Crippen LogP contribution in [-0.4, -0.2) is 25.8 Å². The third-order valence-corrected chi connectivity index (χ3v) is 6.70. The molecule has 1 atom stereocenters. The van der Waals surface area contributed by atoms with Crippen molar-refractivity contribution in [3.63, 3.8) is 0 Å². The number of aryl methyl sites for hydroxylation is 1. The molecule has 1 unspecified atom stereocenters. The van der Waals surface area contributed by atoms with Gasteiger partial charge in [0.05, 0.1) is 5.92 Å². The number of nitrogens with one attached hydrogen (secondary N) is 1. The Labute approximate surface area is 209 Å². The molecule has 0 aliphatic rings. The highest BCUT2D eigenvalue weighted by Crippen LogP contribution is 2.32. The third kappa shape index (κ3) is 6.42. The van der Waals surface area contributed by atoms with Crippen LogP contribution in [0.3, 0.4) is 0 Å². The van der Waals surface area contributed by atoms with E-state index >= 15 is 0 Å². The largest absolute Gasteiger partial charge is 0.489 e. The minimum absolute atomic E-state index is 0.466. The summed E-state index contributed by atoms with van der Waals surface area (Å²) >= 11 is 1.53. The zero-order valence-electron chi connectivity index (χ0n) is 19.7. The highest BCUT2D eigenvalue weighted by molar-refractivity contribution is 7.99. The second-order valence-corrected chi connectivity index (χ2v) is 9.19. The molecule has 0 radical (unpaired) electrons. The van der Waals surface area contributed by atoms with Crippen molar-refractivity contribution in [3.8, 4) is 5.75 Å². The molecule has 0 saturated carbocycles. The summed E-state index contributed by atoms with van der Waals surface area (Å²) in [5, 5.41) is 21.7. The van der Waals surface area contributed by atoms with Crippen LogP contribution in [0.2, 0.25) is 0 Å². The number of aromatic nitrogens is 3. The summed E-state index contributed by atoms with van der Waals surface area (Å²) in [5.41, 5.74) is 3.84. The molecule has 35 heavy (non-hydrogen) atoms. The Bertz CT molecular complexity index is 1260. The molecule has 7 nitrogen and oxygen atoms in total. The zero-order chi connectivity index (χ0) is 24.6. The van der Waals surface area contributed by atoms with Gasteiger partial charge in [-0.05, 0) is 53.6 Å². The number of hydrogen-bond donors (Lipinski definition) is 2. The van der Waals surface area contributed by atoms with Crippen LogP contribution in [0.25, 0.3) is 0 Å². The summed E-state index contributed by atoms with van der Waals surface area (Å²) in [6.07, 6.45) is 2.24. The van der Waals surface area contributed by atoms with Gasteiger partial charge in [0, 0.05) is 29.7 Å². The van der Waals surface area contributed by atoms with Gasteiger partial charge in [-0.25, -0.2) is 0 Å². The maximum absolute atomic E-state index is 11.4. The van der Waals surface area contributed by atoms with E-state index in [2.05, 4.69) is 21.6 Å². The first kappa shape index (κ1) is 24.3. The second-order valence-electron chi connectivity index (χ2n) is 8.14. The molecule has 2 N–H and O–H groups in total. The van der Waals surface area contributed by atoms with Crippen LogP contribution >= 0.6 is 11.8 Å². The minimum atomic E-state index is -0.798. The summed E-state index contributed by atoms with van der Waals surface area (Å²) in [5.74, 6) is -0.490. The SMILES string of the molecule is CCC(C(=O)O)c1ccc(NCc2ccc(Sc3nncn3C)cc2OCc2ccccc2)cc1. The maximum atomic E-state index is 11.4. The Morgan fingerprint density at radius 1 is 1.11 bits per heavy atom. The number of hydrogen-bond acceptors (Lipinski definition) is 6. The standard InChI is InChI=1S/C27H28N4O3S/c1-3-24(26(32)33)20-9-12-22(13-10-20)28-16-21-11-14-23(35-27-30-29-18-31(27)2)15-25(21)34-17-19-7-5-4-6-8-19/h4-15,18,24,28H,3,16-17H2,1-2H3,(H,32,33). The smallest absolute Gasteiger partial charge is 0.310 e. The van der Waals surface area contributed by atoms with E-state index in [0.717, 1.165) is 38.2 Å². The lowest BCUT2D eigenvalue weighted by Crippen LogP contribution is -2.10. The van der Waals surface area contributed by atoms with Gasteiger partial charge in [-0.1, -0.05) is 55.5 Å². The number of carboxylic acid groups (broad SMARTS) is 1. The van der Waals surface area contributed by atoms with Crippen molar-refractivity contribution >= 4 is 23.4 Å². The number of ether oxygens (including phenoxy) is 1. The van der Waals surface area contributed by atoms with E-state index < -0.39 is 11.9 Å². The molecule has 0 bridgehead atoms. The van der Waals surface area contributed by atoms with E-state index in [9.17, 15) is 9.90 Å². The van der Waals surface area contributed by atoms with E-state index in [1.807, 2.05) is 85.3 Å². The van der Waals surface area contributed by atoms with E-state index in [1.165, 1.54) is 11.8 Å². The van der Waals surface area contributed by atoms with E-state index in [0.29, 0.717) is 19.6 Å². The molecule has 4 rings (SSSR count). The third-order valence-electron chi connectivity index (χ3n) is 5.66. The van der Waals surface area contributed by atoms with Gasteiger partial charge >= 0.3 is 5.97 Å². The summed E-state index contributed by atoms with van der Waals surface area (Å²) in [6.45, 7) is 2.91. The normalized spacial score (nSPS) is 11.7. The lowest BCUT2D eigenvalue weighted by molar-refractivity contribution is -0.138. The fourth-order valence-electron chi connectivity index (χ4n) is 3.67. The van der Waals surface area contributed by atoms with Crippen molar-refractivity contribution in [2.75, 3.05) is 5.32 Å². The summed E-state index contributed by atoms with van der Waals surface area (Å²) in [7, 11) is 1.91. The minimum Gasteiger partial charge on any atom is -0.489 e. The monoisotopic (exact) mass is 488 g/mol. The number of nitrogens with zero attached hydrogens (tertiary/aromatic N) is 3. The number of anilines is 1. The average molecular weight is 489 g/mol. The highest BCUT2D eigenvalue weighted by Gasteiger charge is 2.17. The molecule has 0 amide bonds. The van der Waals surface area contributed by atoms with Crippen LogP contribution in [0.1, 0.15) is 36.0 Å². The van der Waals surface area contributed by atoms with Crippen molar-refractivity contribution < 1.29 is 14.6 Å². The Kier molecular flexibility index (Phi) is 8.05. The summed E-state index contributed by atoms with van der Waals surface area (Å²) in [6, 6.07) is 23.8. The molecule has 180 valence electrons. The van der Waals surface area contributed by atoms with Gasteiger partial charge in [-0.15, -0.1) is 10.2 Å². The van der Waals surface area contributed by atoms with Crippen molar-refractivity contribution in [1.29, 1.82) is 0 Å². The molecule has 4 aromatic rings. The molecular formula is C27H28N4O3S. The Morgan fingerprint density at radius 2 is 1.89 bits per heavy atom. The van der Waals surface area contributed by atoms with Gasteiger partial charge in [-0.3, -0.25) is 4.79 Å². The molecule has 1 heterocycles. The van der Waals surface area contributed by atoms with Crippen LogP contribution in [0.4, 0.5) is 5.69 Å². The predicted octanol–water partition coefficient (Wildman–Crippen LogP) is 5.74. The van der Waals surface area contributed by atoms with Crippen LogP contribution in [0, 0.1) is 0 Å². The lowest BCUT2D eigenvalue weighted by Gasteiger charge is -2.15. The van der Waals surface area contributed by atoms with Crippen molar-refractivity contribution in [2.24, 2.45) is 7.05 Å². The number of carbonyl (C=O) groups is 1. The van der Waals surface area contributed by atoms with Gasteiger partial charge in [0.2, 0.25) is 0 Å². The molecule has 0 saturated heterocycles. The van der Waals surface area contributed by atoms with Crippen molar-refractivity contribution in [1.82, 2.24) is 14.8 Å². The first-order chi connectivity index (χ1) is 17.0. The van der Waals surface area contributed by atoms with Gasteiger partial charge < -0.3 is 19.7 Å². The first-order valence-corrected chi connectivity index (χ1v) is 12.2. The fraction of sp³-hybridized carbons (Fsp3) is 0.222. The summed E-state index contributed by atoms with van der Waals surface area (Å²) < 4.78 is 8.11. The van der Waals surface area contributed by atoms with E-state index in [4.69, 9.17) is 4.74 Å². The zero-order valence-corrected chi connectivity index (χ0v) is 20.5. The van der Waals surface area contributed by atoms with Crippen LogP contribution < -0.4 is 10.1 Å². The molecule has 0 spiro atoms. The summed E-state index contributed by atoms with van der Waals surface area (Å²) in [4.78, 5) is 12.4. The fourth-order valence-corrected chi connectivity index (χ4v) is 4.46. The Morgan fingerprint density at radius 3 is 2.54 bits per heavy atom. The number of rotatable bonds is 11. The maximum Gasteiger partial charge on any atom is 0.310 e. The average Bonchev–Trinajstić information content (AvgIpc) is 3.28. The molecular weight excluding hydrogens is 460 g/mol. The van der Waals surface area contributed by atoms with Crippen LogP contribution in [-0.2, 0) is 25.0 Å². The molecule has 0 aliphatic carbocycles. The first-order valence-electron chi connectivity index (χ1n) is 11.4. The Hall–Kier alpha value is -3.78. The van der Waals surface area contributed by atoms with Crippen LogP contribution in [0.15, 0.2) is 89.2 Å². The topological polar surface area (TPSA) is 89.3 Å². The van der Waals surface area contributed by atoms with Gasteiger partial charge in [0.25, 0.3) is 0 Å². The molecule has 3 aromatic carbocycles. The second kappa shape index (κ2) is 11.6. The van der Waals surface area contributed by atoms with E-state index in [1.54, 1.807) is 6.33 Å². The lowest BCUT2D eigenvalue weighted by atomic mass is 9.96.